The van der Waals surface area contributed by atoms with Gasteiger partial charge in [0.15, 0.2) is 0 Å². The third kappa shape index (κ3) is 3.06. The third-order valence-corrected chi connectivity index (χ3v) is 3.50. The molecule has 1 fully saturated rings. The largest absolute Gasteiger partial charge is 0.486 e. The maximum atomic E-state index is 6.07. The molecule has 98 valence electrons. The highest BCUT2D eigenvalue weighted by molar-refractivity contribution is 6.32. The first kappa shape index (κ1) is 12.5. The number of benzene rings is 1. The topological polar surface area (TPSA) is 25.4 Å². The van der Waals surface area contributed by atoms with Crippen LogP contribution in [0.15, 0.2) is 48.8 Å². The predicted molar refractivity (Wildman–Crippen MR) is 75.4 cm³/mol. The van der Waals surface area contributed by atoms with Crippen LogP contribution in [-0.4, -0.2) is 29.1 Å². The first-order valence-electron chi connectivity index (χ1n) is 6.34. The monoisotopic (exact) mass is 274 g/mol. The molecule has 0 radical (unpaired) electrons. The van der Waals surface area contributed by atoms with Crippen LogP contribution in [0.5, 0.6) is 5.75 Å². The summed E-state index contributed by atoms with van der Waals surface area (Å²) in [5.74, 6) is 0.773. The highest BCUT2D eigenvalue weighted by Crippen LogP contribution is 2.26. The minimum atomic E-state index is 0.233. The van der Waals surface area contributed by atoms with Crippen LogP contribution in [0.25, 0.3) is 0 Å². The van der Waals surface area contributed by atoms with Gasteiger partial charge in [0.1, 0.15) is 11.9 Å². The smallest absolute Gasteiger partial charge is 0.138 e. The minimum Gasteiger partial charge on any atom is -0.486 e. The molecule has 0 spiro atoms. The van der Waals surface area contributed by atoms with Crippen molar-refractivity contribution in [1.29, 1.82) is 0 Å². The quantitative estimate of drug-likeness (QED) is 0.857. The highest BCUT2D eigenvalue weighted by atomic mass is 35.5. The number of hydrogen-bond donors (Lipinski definition) is 0. The Bertz CT molecular complexity index is 541. The molecular weight excluding hydrogens is 260 g/mol. The summed E-state index contributed by atoms with van der Waals surface area (Å²) in [5.41, 5.74) is 1.23. The molecule has 1 aliphatic heterocycles. The molecular formula is C15H15ClN2O. The molecule has 3 rings (SSSR count). The van der Waals surface area contributed by atoms with E-state index in [0.717, 1.165) is 25.4 Å². The van der Waals surface area contributed by atoms with Crippen molar-refractivity contribution in [3.05, 3.63) is 59.4 Å². The van der Waals surface area contributed by atoms with Gasteiger partial charge in [-0.3, -0.25) is 9.88 Å². The Morgan fingerprint density at radius 3 is 2.79 bits per heavy atom. The molecule has 2 heterocycles. The molecule has 3 nitrogen and oxygen atoms in total. The van der Waals surface area contributed by atoms with Crippen molar-refractivity contribution >= 4 is 11.6 Å². The summed E-state index contributed by atoms with van der Waals surface area (Å²) in [7, 11) is 0. The zero-order chi connectivity index (χ0) is 13.1. The molecule has 19 heavy (non-hydrogen) atoms. The molecule has 0 bridgehead atoms. The van der Waals surface area contributed by atoms with E-state index < -0.39 is 0 Å². The van der Waals surface area contributed by atoms with Gasteiger partial charge in [-0.2, -0.15) is 0 Å². The van der Waals surface area contributed by atoms with E-state index >= 15 is 0 Å². The Morgan fingerprint density at radius 1 is 1.21 bits per heavy atom. The van der Waals surface area contributed by atoms with Gasteiger partial charge in [0.05, 0.1) is 5.02 Å². The zero-order valence-electron chi connectivity index (χ0n) is 10.5. The van der Waals surface area contributed by atoms with Crippen LogP contribution in [0.2, 0.25) is 5.02 Å². The molecule has 1 saturated heterocycles. The van der Waals surface area contributed by atoms with E-state index in [4.69, 9.17) is 16.3 Å². The number of halogens is 1. The predicted octanol–water partition coefficient (Wildman–Crippen LogP) is 3.00. The summed E-state index contributed by atoms with van der Waals surface area (Å²) in [6.45, 7) is 2.79. The number of hydrogen-bond acceptors (Lipinski definition) is 3. The van der Waals surface area contributed by atoms with Crippen molar-refractivity contribution in [1.82, 2.24) is 9.88 Å². The number of rotatable bonds is 4. The molecule has 0 saturated carbocycles. The van der Waals surface area contributed by atoms with E-state index in [0.29, 0.717) is 5.02 Å². The SMILES string of the molecule is Clc1ccccc1OC1CN(Cc2cccnc2)C1. The fourth-order valence-electron chi connectivity index (χ4n) is 2.20. The van der Waals surface area contributed by atoms with E-state index in [1.54, 1.807) is 6.20 Å². The van der Waals surface area contributed by atoms with Gasteiger partial charge in [-0.25, -0.2) is 0 Å². The van der Waals surface area contributed by atoms with Gasteiger partial charge in [0.2, 0.25) is 0 Å². The fraction of sp³-hybridized carbons (Fsp3) is 0.267. The maximum absolute atomic E-state index is 6.07. The summed E-state index contributed by atoms with van der Waals surface area (Å²) in [4.78, 5) is 6.45. The fourth-order valence-corrected chi connectivity index (χ4v) is 2.38. The van der Waals surface area contributed by atoms with Crippen LogP contribution in [0.3, 0.4) is 0 Å². The maximum Gasteiger partial charge on any atom is 0.138 e. The second-order valence-corrected chi connectivity index (χ2v) is 5.13. The average molecular weight is 275 g/mol. The Labute approximate surface area is 117 Å². The molecule has 2 aromatic rings. The molecule has 0 unspecified atom stereocenters. The normalized spacial score (nSPS) is 16.1. The van der Waals surface area contributed by atoms with Gasteiger partial charge < -0.3 is 4.74 Å². The summed E-state index contributed by atoms with van der Waals surface area (Å²) in [5, 5.41) is 0.674. The van der Waals surface area contributed by atoms with Crippen molar-refractivity contribution in [2.45, 2.75) is 12.6 Å². The van der Waals surface area contributed by atoms with Gasteiger partial charge in [0, 0.05) is 32.0 Å². The summed E-state index contributed by atoms with van der Waals surface area (Å²) in [6.07, 6.45) is 3.93. The summed E-state index contributed by atoms with van der Waals surface area (Å²) in [6, 6.07) is 11.7. The Morgan fingerprint density at radius 2 is 2.05 bits per heavy atom. The lowest BCUT2D eigenvalue weighted by Gasteiger charge is -2.39. The number of nitrogens with zero attached hydrogens (tertiary/aromatic N) is 2. The van der Waals surface area contributed by atoms with Crippen molar-refractivity contribution in [3.8, 4) is 5.75 Å². The average Bonchev–Trinajstić information content (AvgIpc) is 2.40. The van der Waals surface area contributed by atoms with Crippen LogP contribution >= 0.6 is 11.6 Å². The minimum absolute atomic E-state index is 0.233. The second-order valence-electron chi connectivity index (χ2n) is 4.73. The van der Waals surface area contributed by atoms with Gasteiger partial charge >= 0.3 is 0 Å². The summed E-state index contributed by atoms with van der Waals surface area (Å²) >= 11 is 6.07. The first-order chi connectivity index (χ1) is 9.31. The van der Waals surface area contributed by atoms with E-state index in [2.05, 4.69) is 16.0 Å². The number of ether oxygens (including phenoxy) is 1. The molecule has 0 atom stereocenters. The second kappa shape index (κ2) is 5.59. The van der Waals surface area contributed by atoms with E-state index in [-0.39, 0.29) is 6.10 Å². The van der Waals surface area contributed by atoms with Crippen LogP contribution in [-0.2, 0) is 6.54 Å². The van der Waals surface area contributed by atoms with Crippen LogP contribution in [0.4, 0.5) is 0 Å². The third-order valence-electron chi connectivity index (χ3n) is 3.18. The molecule has 1 aliphatic rings. The molecule has 0 N–H and O–H groups in total. The van der Waals surface area contributed by atoms with Gasteiger partial charge in [-0.15, -0.1) is 0 Å². The van der Waals surface area contributed by atoms with Crippen LogP contribution in [0, 0.1) is 0 Å². The molecule has 0 amide bonds. The first-order valence-corrected chi connectivity index (χ1v) is 6.71. The van der Waals surface area contributed by atoms with Gasteiger partial charge in [0.25, 0.3) is 0 Å². The zero-order valence-corrected chi connectivity index (χ0v) is 11.3. The van der Waals surface area contributed by atoms with Crippen molar-refractivity contribution < 1.29 is 4.74 Å². The lowest BCUT2D eigenvalue weighted by Crippen LogP contribution is -2.53. The van der Waals surface area contributed by atoms with Crippen LogP contribution in [0.1, 0.15) is 5.56 Å². The Hall–Kier alpha value is -1.58. The Balaban J connectivity index is 1.50. The number of likely N-dealkylation sites (tertiary alicyclic amines) is 1. The number of para-hydroxylation sites is 1. The van der Waals surface area contributed by atoms with Crippen molar-refractivity contribution in [3.63, 3.8) is 0 Å². The number of pyridine rings is 1. The van der Waals surface area contributed by atoms with Gasteiger partial charge in [-0.1, -0.05) is 29.8 Å². The van der Waals surface area contributed by atoms with Crippen molar-refractivity contribution in [2.24, 2.45) is 0 Å². The van der Waals surface area contributed by atoms with E-state index in [1.165, 1.54) is 5.56 Å². The Kier molecular flexibility index (Phi) is 3.67. The highest BCUT2D eigenvalue weighted by Gasteiger charge is 2.28. The lowest BCUT2D eigenvalue weighted by atomic mass is 10.1. The summed E-state index contributed by atoms with van der Waals surface area (Å²) < 4.78 is 5.86. The molecule has 1 aromatic heterocycles. The lowest BCUT2D eigenvalue weighted by molar-refractivity contribution is 0.0146. The molecule has 0 aliphatic carbocycles. The number of aromatic nitrogens is 1. The molecule has 4 heteroatoms. The van der Waals surface area contributed by atoms with Crippen molar-refractivity contribution in [2.75, 3.05) is 13.1 Å². The van der Waals surface area contributed by atoms with E-state index in [1.807, 2.05) is 36.5 Å². The van der Waals surface area contributed by atoms with Crippen LogP contribution < -0.4 is 4.74 Å². The standard InChI is InChI=1S/C15H15ClN2O/c16-14-5-1-2-6-15(14)19-13-10-18(11-13)9-12-4-3-7-17-8-12/h1-8,13H,9-11H2. The van der Waals surface area contributed by atoms with E-state index in [9.17, 15) is 0 Å². The van der Waals surface area contributed by atoms with Gasteiger partial charge in [-0.05, 0) is 23.8 Å². The molecule has 1 aromatic carbocycles.